The summed E-state index contributed by atoms with van der Waals surface area (Å²) in [5.74, 6) is 0.408. The van der Waals surface area contributed by atoms with Gasteiger partial charge in [-0.05, 0) is 23.8 Å². The third kappa shape index (κ3) is 3.73. The molecule has 120 valence electrons. The van der Waals surface area contributed by atoms with E-state index in [0.29, 0.717) is 12.4 Å². The van der Waals surface area contributed by atoms with E-state index in [1.807, 2.05) is 54.4 Å². The molecule has 1 aromatic carbocycles. The van der Waals surface area contributed by atoms with Gasteiger partial charge in [0.05, 0.1) is 12.4 Å². The average Bonchev–Trinajstić information content (AvgIpc) is 2.67. The summed E-state index contributed by atoms with van der Waals surface area (Å²) >= 11 is 0. The van der Waals surface area contributed by atoms with Crippen LogP contribution in [0.3, 0.4) is 0 Å². The van der Waals surface area contributed by atoms with Crippen molar-refractivity contribution in [1.82, 2.24) is 20.3 Å². The first-order valence-electron chi connectivity index (χ1n) is 7.52. The van der Waals surface area contributed by atoms with Gasteiger partial charge < -0.3 is 10.2 Å². The second-order valence-electron chi connectivity index (χ2n) is 5.20. The first-order chi connectivity index (χ1) is 11.7. The van der Waals surface area contributed by atoms with Crippen LogP contribution in [0.15, 0.2) is 67.3 Å². The molecule has 0 aliphatic carbocycles. The number of carbonyl (C=O) groups excluding carboxylic acids is 1. The third-order valence-corrected chi connectivity index (χ3v) is 3.53. The molecule has 0 aliphatic rings. The Labute approximate surface area is 140 Å². The zero-order valence-electron chi connectivity index (χ0n) is 13.3. The summed E-state index contributed by atoms with van der Waals surface area (Å²) < 4.78 is 0. The van der Waals surface area contributed by atoms with Gasteiger partial charge in [0.2, 0.25) is 0 Å². The van der Waals surface area contributed by atoms with Gasteiger partial charge in [-0.3, -0.25) is 9.78 Å². The van der Waals surface area contributed by atoms with Crippen molar-refractivity contribution in [1.29, 1.82) is 0 Å². The zero-order chi connectivity index (χ0) is 16.8. The molecule has 3 aromatic rings. The molecule has 0 radical (unpaired) electrons. The lowest BCUT2D eigenvalue weighted by Gasteiger charge is -2.17. The van der Waals surface area contributed by atoms with Gasteiger partial charge in [0.25, 0.3) is 5.91 Å². The van der Waals surface area contributed by atoms with Gasteiger partial charge >= 0.3 is 0 Å². The molecule has 3 rings (SSSR count). The molecule has 0 spiro atoms. The van der Waals surface area contributed by atoms with Gasteiger partial charge in [-0.25, -0.2) is 9.97 Å². The van der Waals surface area contributed by atoms with E-state index >= 15 is 0 Å². The highest BCUT2D eigenvalue weighted by Gasteiger charge is 2.10. The minimum absolute atomic E-state index is 0.264. The summed E-state index contributed by atoms with van der Waals surface area (Å²) in [6, 6.07) is 13.6. The van der Waals surface area contributed by atoms with Gasteiger partial charge in [0.15, 0.2) is 5.82 Å². The quantitative estimate of drug-likeness (QED) is 0.782. The van der Waals surface area contributed by atoms with Gasteiger partial charge in [-0.2, -0.15) is 0 Å². The Hall–Kier alpha value is -3.28. The number of para-hydroxylation sites is 1. The van der Waals surface area contributed by atoms with Crippen LogP contribution in [0.25, 0.3) is 0 Å². The Morgan fingerprint density at radius 3 is 2.54 bits per heavy atom. The van der Waals surface area contributed by atoms with E-state index in [-0.39, 0.29) is 11.6 Å². The SMILES string of the molecule is CN(c1ccccc1)c1cnc(C(=O)NCc2cccnc2)cn1. The summed E-state index contributed by atoms with van der Waals surface area (Å²) in [5, 5.41) is 2.80. The van der Waals surface area contributed by atoms with E-state index in [0.717, 1.165) is 11.3 Å². The van der Waals surface area contributed by atoms with E-state index in [1.54, 1.807) is 18.6 Å². The standard InChI is InChI=1S/C18H17N5O/c1-23(15-7-3-2-4-8-15)17-13-20-16(12-21-17)18(24)22-11-14-6-5-9-19-10-14/h2-10,12-13H,11H2,1H3,(H,22,24). The summed E-state index contributed by atoms with van der Waals surface area (Å²) in [5.41, 5.74) is 2.21. The maximum Gasteiger partial charge on any atom is 0.271 e. The zero-order valence-corrected chi connectivity index (χ0v) is 13.3. The maximum atomic E-state index is 12.1. The van der Waals surface area contributed by atoms with Crippen LogP contribution in [0.1, 0.15) is 16.1 Å². The molecule has 24 heavy (non-hydrogen) atoms. The second-order valence-corrected chi connectivity index (χ2v) is 5.20. The maximum absolute atomic E-state index is 12.1. The first-order valence-corrected chi connectivity index (χ1v) is 7.52. The van der Waals surface area contributed by atoms with E-state index in [2.05, 4.69) is 20.3 Å². The predicted molar refractivity (Wildman–Crippen MR) is 91.9 cm³/mol. The van der Waals surface area contributed by atoms with Crippen molar-refractivity contribution in [3.8, 4) is 0 Å². The van der Waals surface area contributed by atoms with Gasteiger partial charge in [-0.15, -0.1) is 0 Å². The smallest absolute Gasteiger partial charge is 0.271 e. The second kappa shape index (κ2) is 7.32. The number of hydrogen-bond acceptors (Lipinski definition) is 5. The molecular weight excluding hydrogens is 302 g/mol. The fourth-order valence-electron chi connectivity index (χ4n) is 2.17. The number of benzene rings is 1. The van der Waals surface area contributed by atoms with Crippen LogP contribution in [-0.4, -0.2) is 27.9 Å². The fourth-order valence-corrected chi connectivity index (χ4v) is 2.17. The topological polar surface area (TPSA) is 71.0 Å². The van der Waals surface area contributed by atoms with Gasteiger partial charge in [0, 0.05) is 31.7 Å². The first kappa shape index (κ1) is 15.6. The van der Waals surface area contributed by atoms with Crippen molar-refractivity contribution in [3.63, 3.8) is 0 Å². The monoisotopic (exact) mass is 319 g/mol. The molecule has 0 bridgehead atoms. The minimum Gasteiger partial charge on any atom is -0.347 e. The lowest BCUT2D eigenvalue weighted by Crippen LogP contribution is -2.24. The summed E-state index contributed by atoms with van der Waals surface area (Å²) in [4.78, 5) is 26.6. The van der Waals surface area contributed by atoms with E-state index in [9.17, 15) is 4.79 Å². The van der Waals surface area contributed by atoms with Crippen LogP contribution in [0.4, 0.5) is 11.5 Å². The number of rotatable bonds is 5. The number of aromatic nitrogens is 3. The number of hydrogen-bond donors (Lipinski definition) is 1. The van der Waals surface area contributed by atoms with Gasteiger partial charge in [-0.1, -0.05) is 24.3 Å². The highest BCUT2D eigenvalue weighted by Crippen LogP contribution is 2.19. The molecule has 2 heterocycles. The van der Waals surface area contributed by atoms with Crippen molar-refractivity contribution < 1.29 is 4.79 Å². The summed E-state index contributed by atoms with van der Waals surface area (Å²) in [6.45, 7) is 0.403. The molecule has 2 aromatic heterocycles. The Morgan fingerprint density at radius 1 is 1.04 bits per heavy atom. The fraction of sp³-hybridized carbons (Fsp3) is 0.111. The Morgan fingerprint density at radius 2 is 1.88 bits per heavy atom. The largest absolute Gasteiger partial charge is 0.347 e. The number of nitrogens with one attached hydrogen (secondary N) is 1. The number of carbonyl (C=O) groups is 1. The number of anilines is 2. The molecule has 0 saturated carbocycles. The van der Waals surface area contributed by atoms with Crippen LogP contribution in [0.2, 0.25) is 0 Å². The van der Waals surface area contributed by atoms with Crippen molar-refractivity contribution in [3.05, 3.63) is 78.5 Å². The molecule has 1 amide bonds. The van der Waals surface area contributed by atoms with E-state index in [4.69, 9.17) is 0 Å². The molecule has 6 nitrogen and oxygen atoms in total. The van der Waals surface area contributed by atoms with E-state index in [1.165, 1.54) is 6.20 Å². The minimum atomic E-state index is -0.264. The highest BCUT2D eigenvalue weighted by atomic mass is 16.1. The molecule has 0 fully saturated rings. The molecule has 0 atom stereocenters. The number of pyridine rings is 1. The van der Waals surface area contributed by atoms with Crippen LogP contribution < -0.4 is 10.2 Å². The lowest BCUT2D eigenvalue weighted by molar-refractivity contribution is 0.0945. The number of nitrogens with zero attached hydrogens (tertiary/aromatic N) is 4. The Kier molecular flexibility index (Phi) is 4.76. The predicted octanol–water partition coefficient (Wildman–Crippen LogP) is 2.57. The summed E-state index contributed by atoms with van der Waals surface area (Å²) in [6.07, 6.45) is 6.47. The van der Waals surface area contributed by atoms with Gasteiger partial charge in [0.1, 0.15) is 5.69 Å². The average molecular weight is 319 g/mol. The lowest BCUT2D eigenvalue weighted by atomic mass is 10.3. The molecular formula is C18H17N5O. The number of amides is 1. The van der Waals surface area contributed by atoms with Crippen molar-refractivity contribution in [2.45, 2.75) is 6.54 Å². The van der Waals surface area contributed by atoms with Crippen molar-refractivity contribution in [2.24, 2.45) is 0 Å². The Balaban J connectivity index is 1.64. The van der Waals surface area contributed by atoms with Crippen molar-refractivity contribution in [2.75, 3.05) is 11.9 Å². The van der Waals surface area contributed by atoms with Crippen LogP contribution >= 0.6 is 0 Å². The van der Waals surface area contributed by atoms with Crippen LogP contribution in [-0.2, 0) is 6.54 Å². The third-order valence-electron chi connectivity index (χ3n) is 3.53. The highest BCUT2D eigenvalue weighted by molar-refractivity contribution is 5.92. The molecule has 6 heteroatoms. The van der Waals surface area contributed by atoms with Crippen molar-refractivity contribution >= 4 is 17.4 Å². The molecule has 0 saturated heterocycles. The Bertz CT molecular complexity index is 791. The normalized spacial score (nSPS) is 10.2. The van der Waals surface area contributed by atoms with E-state index < -0.39 is 0 Å². The molecule has 0 aliphatic heterocycles. The molecule has 1 N–H and O–H groups in total. The summed E-state index contributed by atoms with van der Waals surface area (Å²) in [7, 11) is 1.90. The van der Waals surface area contributed by atoms with Crippen LogP contribution in [0.5, 0.6) is 0 Å². The van der Waals surface area contributed by atoms with Crippen LogP contribution in [0, 0.1) is 0 Å². The molecule has 0 unspecified atom stereocenters.